The van der Waals surface area contributed by atoms with Gasteiger partial charge in [-0.25, -0.2) is 4.79 Å². The van der Waals surface area contributed by atoms with Gasteiger partial charge in [0.25, 0.3) is 0 Å². The molecule has 0 aliphatic heterocycles. The van der Waals surface area contributed by atoms with Gasteiger partial charge in [-0.05, 0) is 135 Å². The van der Waals surface area contributed by atoms with Gasteiger partial charge in [0.2, 0.25) is 35.4 Å². The smallest absolute Gasteiger partial charge is 0.315 e. The van der Waals surface area contributed by atoms with Crippen molar-refractivity contribution in [2.45, 2.75) is 403 Å². The van der Waals surface area contributed by atoms with Crippen molar-refractivity contribution in [3.8, 4) is 0 Å². The van der Waals surface area contributed by atoms with E-state index in [2.05, 4.69) is 58.0 Å². The van der Waals surface area contributed by atoms with E-state index in [0.717, 1.165) is 64.2 Å². The van der Waals surface area contributed by atoms with Gasteiger partial charge in [0.1, 0.15) is 49.0 Å². The van der Waals surface area contributed by atoms with Crippen molar-refractivity contribution in [1.29, 1.82) is 0 Å². The maximum absolute atomic E-state index is 14.7. The van der Waals surface area contributed by atoms with Crippen LogP contribution in [-0.4, -0.2) is 153 Å². The van der Waals surface area contributed by atoms with Gasteiger partial charge >= 0.3 is 18.0 Å². The lowest BCUT2D eigenvalue weighted by atomic mass is 10.0. The van der Waals surface area contributed by atoms with Crippen LogP contribution in [0.15, 0.2) is 0 Å². The van der Waals surface area contributed by atoms with Crippen molar-refractivity contribution in [1.82, 2.24) is 37.2 Å². The molecular weight excluding hydrogens is 1360 g/mol. The SMILES string of the molecule is CCCCCCCCCCCCCCCC(=O)OCC(CSC[C@H](NC(=O)NCCCCCCCCCCCCCC)C(=O)N[C@@H](CCN)C(=O)N[C@@H](CCCCN)C(=O)N[C@@H](CCCCN)C(=O)N[C@@H](CCCCN)C(=O)N[C@@H](CCCCN)C(N)=O)OC(=O)CCCCCCCCCCCCCCC. The van der Waals surface area contributed by atoms with Crippen LogP contribution in [0.4, 0.5) is 4.79 Å². The second kappa shape index (κ2) is 74.3. The first-order valence-electron chi connectivity index (χ1n) is 42.8. The van der Waals surface area contributed by atoms with Crippen LogP contribution in [0.25, 0.3) is 0 Å². The minimum atomic E-state index is -1.30. The van der Waals surface area contributed by atoms with E-state index in [1.807, 2.05) is 0 Å². The highest BCUT2D eigenvalue weighted by Crippen LogP contribution is 2.19. The van der Waals surface area contributed by atoms with E-state index in [1.54, 1.807) is 0 Å². The van der Waals surface area contributed by atoms with Gasteiger partial charge in [0, 0.05) is 30.9 Å². The second-order valence-corrected chi connectivity index (χ2v) is 30.7. The number of urea groups is 1. The number of nitrogens with two attached hydrogens (primary N) is 6. The van der Waals surface area contributed by atoms with Crippen LogP contribution in [0.3, 0.4) is 0 Å². The van der Waals surface area contributed by atoms with Gasteiger partial charge in [0.05, 0.1) is 0 Å². The molecule has 24 nitrogen and oxygen atoms in total. The Bertz CT molecular complexity index is 2190. The molecule has 1 unspecified atom stereocenters. The van der Waals surface area contributed by atoms with E-state index in [9.17, 15) is 43.2 Å². The Morgan fingerprint density at radius 2 is 0.594 bits per heavy atom. The van der Waals surface area contributed by atoms with E-state index in [1.165, 1.54) is 179 Å². The minimum Gasteiger partial charge on any atom is -0.462 e. The molecule has 0 spiro atoms. The van der Waals surface area contributed by atoms with Gasteiger partial charge < -0.3 is 81.1 Å². The molecule has 0 aromatic rings. The number of primary amides is 1. The molecule has 0 radical (unpaired) electrons. The van der Waals surface area contributed by atoms with E-state index in [0.29, 0.717) is 96.9 Å². The third kappa shape index (κ3) is 60.0. The zero-order valence-electron chi connectivity index (χ0n) is 67.2. The highest BCUT2D eigenvalue weighted by atomic mass is 32.2. The topological polar surface area (TPSA) is 412 Å². The number of nitrogens with one attached hydrogen (secondary N) is 7. The maximum atomic E-state index is 14.7. The molecule has 0 bridgehead atoms. The predicted molar refractivity (Wildman–Crippen MR) is 434 cm³/mol. The van der Waals surface area contributed by atoms with Crippen LogP contribution in [0.1, 0.15) is 361 Å². The molecule has 0 rings (SSSR count). The van der Waals surface area contributed by atoms with Crippen molar-refractivity contribution in [2.75, 3.05) is 57.4 Å². The molecule has 0 aromatic carbocycles. The summed E-state index contributed by atoms with van der Waals surface area (Å²) >= 11 is 1.22. The molecule has 19 N–H and O–H groups in total. The summed E-state index contributed by atoms with van der Waals surface area (Å²) < 4.78 is 11.8. The molecule has 8 amide bonds. The molecule has 0 aromatic heterocycles. The number of esters is 2. The molecule has 0 saturated carbocycles. The summed E-state index contributed by atoms with van der Waals surface area (Å²) in [5, 5.41) is 19.7. The number of unbranched alkanes of at least 4 members (excludes halogenated alkanes) is 39. The maximum Gasteiger partial charge on any atom is 0.315 e. The molecule has 106 heavy (non-hydrogen) atoms. The lowest BCUT2D eigenvalue weighted by Gasteiger charge is -2.28. The predicted octanol–water partition coefficient (Wildman–Crippen LogP) is 12.3. The third-order valence-electron chi connectivity index (χ3n) is 19.7. The van der Waals surface area contributed by atoms with Gasteiger partial charge in [-0.15, -0.1) is 0 Å². The van der Waals surface area contributed by atoms with Crippen LogP contribution in [0.5, 0.6) is 0 Å². The zero-order valence-corrected chi connectivity index (χ0v) is 68.1. The monoisotopic (exact) mass is 1520 g/mol. The molecule has 25 heteroatoms. The van der Waals surface area contributed by atoms with E-state index in [4.69, 9.17) is 43.9 Å². The first-order chi connectivity index (χ1) is 51.5. The molecule has 0 aliphatic rings. The summed E-state index contributed by atoms with van der Waals surface area (Å²) in [5.41, 5.74) is 35.0. The fraction of sp³-hybridized carbons (Fsp3) is 0.889. The quantitative estimate of drug-likeness (QED) is 0.0199. The van der Waals surface area contributed by atoms with Crippen LogP contribution < -0.4 is 71.6 Å². The largest absolute Gasteiger partial charge is 0.462 e. The summed E-state index contributed by atoms with van der Waals surface area (Å²) in [5.74, 6) is -4.92. The van der Waals surface area contributed by atoms with Crippen molar-refractivity contribution < 1.29 is 52.6 Å². The average Bonchev–Trinajstić information content (AvgIpc) is 0.863. The first-order valence-corrected chi connectivity index (χ1v) is 44.0. The van der Waals surface area contributed by atoms with Crippen molar-refractivity contribution in [3.63, 3.8) is 0 Å². The highest BCUT2D eigenvalue weighted by Gasteiger charge is 2.34. The second-order valence-electron chi connectivity index (χ2n) is 29.6. The van der Waals surface area contributed by atoms with Crippen LogP contribution in [0, 0.1) is 0 Å². The van der Waals surface area contributed by atoms with Crippen molar-refractivity contribution in [3.05, 3.63) is 0 Å². The van der Waals surface area contributed by atoms with Crippen molar-refractivity contribution in [2.24, 2.45) is 34.4 Å². The normalized spacial score (nSPS) is 13.3. The Morgan fingerprint density at radius 1 is 0.302 bits per heavy atom. The molecular formula is C81H159N13O11S. The summed E-state index contributed by atoms with van der Waals surface area (Å²) in [6.07, 6.45) is 48.5. The fourth-order valence-corrected chi connectivity index (χ4v) is 14.0. The number of hydrogen-bond donors (Lipinski definition) is 13. The number of ether oxygens (including phenoxy) is 2. The van der Waals surface area contributed by atoms with E-state index >= 15 is 0 Å². The fourth-order valence-electron chi connectivity index (χ4n) is 12.9. The number of hydrogen-bond acceptors (Lipinski definition) is 17. The number of rotatable bonds is 78. The standard InChI is InChI=1S/C81H159N13O11S/c1-4-7-10-13-16-19-22-25-27-30-33-36-39-54-73(95)104-63-66(105-74(96)55-40-37-34-31-28-26-23-20-17-14-11-8-5-2)64-106-65-72(94-81(103)88-62-49-38-35-32-29-24-21-18-15-12-9-6-3)80(102)93-71(56-61-86)79(101)92-70(53-44-48-60-85)78(100)91-69(52-43-47-59-84)77(99)90-68(51-42-46-58-83)76(98)89-67(75(87)97)50-41-45-57-82/h66-72H,4-65,82-86H2,1-3H3,(H2,87,97)(H,89,98)(H,90,99)(H,91,100)(H,92,101)(H,93,102)(H2,88,94,103)/t66?,67-,68-,69-,70-,71-,72-/m0/s1. The summed E-state index contributed by atoms with van der Waals surface area (Å²) in [7, 11) is 0. The number of amides is 8. The lowest BCUT2D eigenvalue weighted by molar-refractivity contribution is -0.157. The first kappa shape index (κ1) is 101. The molecule has 0 aliphatic carbocycles. The third-order valence-corrected chi connectivity index (χ3v) is 20.8. The Kier molecular flexibility index (Phi) is 70.9. The van der Waals surface area contributed by atoms with Gasteiger partial charge in [0.15, 0.2) is 0 Å². The Labute approximate surface area is 647 Å². The minimum absolute atomic E-state index is 0.0393. The molecule has 620 valence electrons. The highest BCUT2D eigenvalue weighted by molar-refractivity contribution is 7.99. The van der Waals surface area contributed by atoms with Crippen LogP contribution in [-0.2, 0) is 47.8 Å². The number of carbonyl (C=O) groups is 9. The molecule has 0 fully saturated rings. The number of carbonyl (C=O) groups excluding carboxylic acids is 9. The number of thioether (sulfide) groups is 1. The van der Waals surface area contributed by atoms with Gasteiger partial charge in [-0.3, -0.25) is 38.4 Å². The van der Waals surface area contributed by atoms with Gasteiger partial charge in [-0.2, -0.15) is 11.8 Å². The summed E-state index contributed by atoms with van der Waals surface area (Å²) in [6, 6.07) is -7.70. The Morgan fingerprint density at radius 3 is 0.925 bits per heavy atom. The Hall–Kier alpha value is -4.82. The van der Waals surface area contributed by atoms with Gasteiger partial charge in [-0.1, -0.05) is 245 Å². The summed E-state index contributed by atoms with van der Waals surface area (Å²) in [6.45, 7) is 8.16. The zero-order chi connectivity index (χ0) is 78.1. The van der Waals surface area contributed by atoms with Crippen LogP contribution >= 0.6 is 11.8 Å². The van der Waals surface area contributed by atoms with Crippen LogP contribution in [0.2, 0.25) is 0 Å². The molecule has 0 saturated heterocycles. The average molecular weight is 1520 g/mol. The Balaban J connectivity index is 6.71. The summed E-state index contributed by atoms with van der Waals surface area (Å²) in [4.78, 5) is 125. The van der Waals surface area contributed by atoms with E-state index < -0.39 is 89.8 Å². The lowest BCUT2D eigenvalue weighted by Crippen LogP contribution is -2.60. The van der Waals surface area contributed by atoms with E-state index in [-0.39, 0.29) is 75.6 Å². The molecule has 7 atom stereocenters. The molecule has 0 heterocycles. The van der Waals surface area contributed by atoms with Crippen molar-refractivity contribution >= 4 is 65.2 Å².